The highest BCUT2D eigenvalue weighted by molar-refractivity contribution is 6.15. The minimum Gasteiger partial charge on any atom is -0.319 e. The van der Waals surface area contributed by atoms with Crippen molar-refractivity contribution in [3.63, 3.8) is 0 Å². The van der Waals surface area contributed by atoms with Crippen molar-refractivity contribution in [2.45, 2.75) is 6.04 Å². The van der Waals surface area contributed by atoms with Crippen molar-refractivity contribution in [3.05, 3.63) is 249 Å². The monoisotopic (exact) mass is 892 g/mol. The zero-order chi connectivity index (χ0) is 45.9. The summed E-state index contributed by atoms with van der Waals surface area (Å²) in [5.41, 5.74) is 21.4. The molecule has 12 aromatic rings. The second-order valence-electron chi connectivity index (χ2n) is 18.5. The minimum atomic E-state index is -0.0454. The van der Waals surface area contributed by atoms with Gasteiger partial charge in [-0.2, -0.15) is 4.58 Å². The summed E-state index contributed by atoms with van der Waals surface area (Å²) >= 11 is 0. The summed E-state index contributed by atoms with van der Waals surface area (Å²) in [5, 5.41) is 4.95. The first-order chi connectivity index (χ1) is 34.8. The van der Waals surface area contributed by atoms with E-state index in [2.05, 4.69) is 261 Å². The molecule has 3 aromatic heterocycles. The molecule has 70 heavy (non-hydrogen) atoms. The van der Waals surface area contributed by atoms with Gasteiger partial charge in [0.1, 0.15) is 11.7 Å². The molecule has 326 valence electrons. The largest absolute Gasteiger partial charge is 0.319 e. The van der Waals surface area contributed by atoms with Crippen LogP contribution in [0.15, 0.2) is 249 Å². The molecule has 0 spiro atoms. The van der Waals surface area contributed by atoms with E-state index in [0.29, 0.717) is 0 Å². The summed E-state index contributed by atoms with van der Waals surface area (Å²) in [6, 6.07) is 80.2. The van der Waals surface area contributed by atoms with E-state index in [0.717, 1.165) is 78.8 Å². The molecule has 1 unspecified atom stereocenters. The lowest BCUT2D eigenvalue weighted by molar-refractivity contribution is 0.897. The molecule has 5 heteroatoms. The van der Waals surface area contributed by atoms with Crippen LogP contribution in [0.2, 0.25) is 0 Å². The number of para-hydroxylation sites is 6. The lowest BCUT2D eigenvalue weighted by atomic mass is 9.81. The summed E-state index contributed by atoms with van der Waals surface area (Å²) in [6.45, 7) is 0. The average molecular weight is 893 g/mol. The quantitative estimate of drug-likeness (QED) is 0.165. The predicted molar refractivity (Wildman–Crippen MR) is 292 cm³/mol. The van der Waals surface area contributed by atoms with Crippen molar-refractivity contribution in [3.8, 4) is 56.0 Å². The van der Waals surface area contributed by atoms with E-state index in [4.69, 9.17) is 4.98 Å². The van der Waals surface area contributed by atoms with Crippen LogP contribution in [0, 0.1) is 0 Å². The highest BCUT2D eigenvalue weighted by atomic mass is 15.2. The maximum atomic E-state index is 5.35. The molecule has 0 saturated carbocycles. The fraction of sp³-hybridized carbons (Fsp3) is 0.0154. The lowest BCUT2D eigenvalue weighted by Crippen LogP contribution is -2.44. The summed E-state index contributed by atoms with van der Waals surface area (Å²) in [4.78, 5) is 7.85. The van der Waals surface area contributed by atoms with Gasteiger partial charge in [0.25, 0.3) is 0 Å². The van der Waals surface area contributed by atoms with E-state index < -0.39 is 0 Å². The zero-order valence-corrected chi connectivity index (χ0v) is 38.0. The van der Waals surface area contributed by atoms with E-state index in [1.165, 1.54) is 49.3 Å². The van der Waals surface area contributed by atoms with Gasteiger partial charge in [0.05, 0.1) is 27.8 Å². The number of benzene rings is 9. The molecule has 0 fully saturated rings. The third-order valence-electron chi connectivity index (χ3n) is 14.8. The average Bonchev–Trinajstić information content (AvgIpc) is 3.95. The Morgan fingerprint density at radius 1 is 0.386 bits per heavy atom. The van der Waals surface area contributed by atoms with Crippen LogP contribution in [0.25, 0.3) is 99.6 Å². The van der Waals surface area contributed by atoms with Gasteiger partial charge < -0.3 is 14.0 Å². The molecule has 0 N–H and O–H groups in total. The van der Waals surface area contributed by atoms with E-state index in [1.54, 1.807) is 0 Å². The number of hydrogen-bond acceptors (Lipinski definition) is 2. The Morgan fingerprint density at radius 2 is 0.900 bits per heavy atom. The topological polar surface area (TPSA) is 29.0 Å². The molecule has 0 bridgehead atoms. The normalized spacial score (nSPS) is 14.5. The number of aromatic nitrogens is 3. The van der Waals surface area contributed by atoms with Gasteiger partial charge >= 0.3 is 0 Å². The number of pyridine rings is 1. The van der Waals surface area contributed by atoms with Gasteiger partial charge in [0.2, 0.25) is 17.1 Å². The van der Waals surface area contributed by atoms with Crippen LogP contribution >= 0.6 is 0 Å². The first kappa shape index (κ1) is 38.8. The molecule has 9 aromatic carbocycles. The molecule has 0 amide bonds. The van der Waals surface area contributed by atoms with Crippen molar-refractivity contribution < 1.29 is 0 Å². The molecule has 4 heterocycles. The van der Waals surface area contributed by atoms with Gasteiger partial charge in [0, 0.05) is 80.2 Å². The Bertz CT molecular complexity index is 4140. The molecular weight excluding hydrogens is 851 g/mol. The second-order valence-corrected chi connectivity index (χ2v) is 18.5. The molecule has 0 saturated heterocycles. The maximum Gasteiger partial charge on any atom is 0.236 e. The van der Waals surface area contributed by atoms with E-state index in [1.807, 2.05) is 6.20 Å². The van der Waals surface area contributed by atoms with Gasteiger partial charge in [0.15, 0.2) is 0 Å². The first-order valence-corrected chi connectivity index (χ1v) is 24.1. The van der Waals surface area contributed by atoms with Crippen LogP contribution in [-0.2, 0) is 0 Å². The zero-order valence-electron chi connectivity index (χ0n) is 38.0. The van der Waals surface area contributed by atoms with Gasteiger partial charge in [-0.15, -0.1) is 0 Å². The molecule has 15 rings (SSSR count). The summed E-state index contributed by atoms with van der Waals surface area (Å²) in [5.74, 6) is 0. The van der Waals surface area contributed by atoms with Crippen LogP contribution in [0.5, 0.6) is 0 Å². The third kappa shape index (κ3) is 5.60. The third-order valence-corrected chi connectivity index (χ3v) is 14.8. The summed E-state index contributed by atoms with van der Waals surface area (Å²) < 4.78 is 7.35. The Kier molecular flexibility index (Phi) is 8.36. The Hall–Kier alpha value is -9.32. The molecule has 2 aliphatic carbocycles. The number of nitrogens with zero attached hydrogens (tertiary/aromatic N) is 5. The number of hydrogen-bond donors (Lipinski definition) is 0. The molecule has 3 aliphatic rings. The fourth-order valence-corrected chi connectivity index (χ4v) is 11.9. The van der Waals surface area contributed by atoms with E-state index in [-0.39, 0.29) is 6.04 Å². The highest BCUT2D eigenvalue weighted by Gasteiger charge is 2.41. The minimum absolute atomic E-state index is 0.0454. The number of allylic oxidation sites excluding steroid dienone is 2. The summed E-state index contributed by atoms with van der Waals surface area (Å²) in [6.07, 6.45) is 10.9. The number of anilines is 2. The smallest absolute Gasteiger partial charge is 0.236 e. The standard InChI is InChI=1S/C65H42N5/c1-3-18-42(19-4-1)67-61-31-15-16-32-62(61)68(43-20-5-2-6-21-43)64-41-56-55(40-63(64)67)47-36-34-45(70-59-29-13-9-24-50(59)51-25-10-14-30-60(51)70)39-54(47)53-38-44(33-35-46(53)52-26-17-37-66-65(52)56)69-57-27-11-7-22-48(57)49-23-8-12-28-58(49)69/h1-41,62H/q+1. The number of rotatable bonds is 4. The van der Waals surface area contributed by atoms with Crippen LogP contribution in [0.1, 0.15) is 0 Å². The Balaban J connectivity index is 1.07. The Morgan fingerprint density at radius 3 is 1.49 bits per heavy atom. The van der Waals surface area contributed by atoms with Gasteiger partial charge in [-0.3, -0.25) is 4.98 Å². The SMILES string of the molecule is C1=CC2=[N+](c3ccccc3)c3cc4c(cc3N(c3ccccc3)C2C=C1)-c1ncccc1-c1ccc(-n2c3ccccc3c3ccccc32)cc1-c1cc(-n2c3ccccc3c3ccccc32)ccc1-4. The van der Waals surface area contributed by atoms with Crippen molar-refractivity contribution in [2.24, 2.45) is 0 Å². The number of fused-ring (bicyclic) bond motifs is 16. The molecule has 0 radical (unpaired) electrons. The summed E-state index contributed by atoms with van der Waals surface area (Å²) in [7, 11) is 0. The van der Waals surface area contributed by atoms with Crippen molar-refractivity contribution >= 4 is 72.1 Å². The Labute approximate surface area is 404 Å². The van der Waals surface area contributed by atoms with Gasteiger partial charge in [-0.05, 0) is 101 Å². The second kappa shape index (κ2) is 15.1. The van der Waals surface area contributed by atoms with Crippen LogP contribution < -0.4 is 9.48 Å². The molecule has 1 atom stereocenters. The van der Waals surface area contributed by atoms with Gasteiger partial charge in [-0.1, -0.05) is 146 Å². The molecule has 5 nitrogen and oxygen atoms in total. The van der Waals surface area contributed by atoms with Crippen LogP contribution in [-0.4, -0.2) is 25.9 Å². The first-order valence-electron chi connectivity index (χ1n) is 24.1. The van der Waals surface area contributed by atoms with E-state index in [9.17, 15) is 0 Å². The lowest BCUT2D eigenvalue weighted by Gasteiger charge is -2.36. The fourth-order valence-electron chi connectivity index (χ4n) is 11.9. The van der Waals surface area contributed by atoms with Crippen LogP contribution in [0.4, 0.5) is 22.7 Å². The van der Waals surface area contributed by atoms with Crippen LogP contribution in [0.3, 0.4) is 0 Å². The highest BCUT2D eigenvalue weighted by Crippen LogP contribution is 2.53. The molecule has 1 aliphatic heterocycles. The van der Waals surface area contributed by atoms with Crippen molar-refractivity contribution in [1.29, 1.82) is 0 Å². The van der Waals surface area contributed by atoms with Crippen molar-refractivity contribution in [2.75, 3.05) is 4.90 Å². The van der Waals surface area contributed by atoms with E-state index >= 15 is 0 Å². The van der Waals surface area contributed by atoms with Gasteiger partial charge in [-0.25, -0.2) is 0 Å². The molecular formula is C65H42N5+. The maximum absolute atomic E-state index is 5.35. The van der Waals surface area contributed by atoms with Crippen molar-refractivity contribution in [1.82, 2.24) is 18.7 Å². The predicted octanol–water partition coefficient (Wildman–Crippen LogP) is 16.2.